The second-order valence-electron chi connectivity index (χ2n) is 7.91. The molecule has 2 aromatic carbocycles. The van der Waals surface area contributed by atoms with E-state index in [4.69, 9.17) is 16.3 Å². The third kappa shape index (κ3) is 6.43. The molecule has 0 radical (unpaired) electrons. The molecule has 0 spiro atoms. The summed E-state index contributed by atoms with van der Waals surface area (Å²) in [6, 6.07) is 11.5. The molecule has 32 heavy (non-hydrogen) atoms. The van der Waals surface area contributed by atoms with Crippen molar-refractivity contribution in [1.82, 2.24) is 9.80 Å². The molecule has 1 N–H and O–H groups in total. The molecule has 1 heterocycles. The first-order valence-corrected chi connectivity index (χ1v) is 11.8. The Morgan fingerprint density at radius 2 is 1.88 bits per heavy atom. The van der Waals surface area contributed by atoms with Crippen LogP contribution in [-0.4, -0.2) is 58.7 Å². The number of alkyl halides is 1. The Balaban J connectivity index is 1.59. The Labute approximate surface area is 200 Å². The van der Waals surface area contributed by atoms with E-state index in [9.17, 15) is 14.0 Å². The van der Waals surface area contributed by atoms with Gasteiger partial charge in [-0.15, -0.1) is 0 Å². The van der Waals surface area contributed by atoms with Crippen LogP contribution in [-0.2, 0) is 16.1 Å². The van der Waals surface area contributed by atoms with Crippen LogP contribution in [0.3, 0.4) is 0 Å². The predicted octanol–water partition coefficient (Wildman–Crippen LogP) is 4.31. The van der Waals surface area contributed by atoms with Crippen molar-refractivity contribution in [2.45, 2.75) is 32.5 Å². The molecule has 1 aliphatic rings. The van der Waals surface area contributed by atoms with Gasteiger partial charge >= 0.3 is 0 Å². The first kappa shape index (κ1) is 24.5. The van der Waals surface area contributed by atoms with Crippen LogP contribution in [0.2, 0.25) is 5.02 Å². The first-order chi connectivity index (χ1) is 15.3. The number of nitrogens with zero attached hydrogens (tertiary/aromatic N) is 2. The van der Waals surface area contributed by atoms with Crippen LogP contribution < -0.4 is 10.1 Å². The van der Waals surface area contributed by atoms with Gasteiger partial charge in [-0.05, 0) is 49.7 Å². The number of piperazine rings is 1. The van der Waals surface area contributed by atoms with Crippen LogP contribution in [0.5, 0.6) is 5.75 Å². The SMILES string of the molecule is C[C@@H]1CN(Cc2ccc(F)cc2)[C@@H](C)CN1C(=O)COc1ccc(Cl)cc1NC(=O)CBr. The topological polar surface area (TPSA) is 61.9 Å². The van der Waals surface area contributed by atoms with E-state index in [1.165, 1.54) is 12.1 Å². The number of carbonyl (C=O) groups is 2. The zero-order chi connectivity index (χ0) is 23.3. The van der Waals surface area contributed by atoms with Crippen LogP contribution in [0.1, 0.15) is 19.4 Å². The second kappa shape index (κ2) is 11.1. The molecule has 1 saturated heterocycles. The average Bonchev–Trinajstić information content (AvgIpc) is 2.76. The summed E-state index contributed by atoms with van der Waals surface area (Å²) in [4.78, 5) is 28.7. The summed E-state index contributed by atoms with van der Waals surface area (Å²) in [5, 5.41) is 3.29. The quantitative estimate of drug-likeness (QED) is 0.546. The summed E-state index contributed by atoms with van der Waals surface area (Å²) in [6.07, 6.45) is 0. The van der Waals surface area contributed by atoms with Crippen LogP contribution in [0.15, 0.2) is 42.5 Å². The number of halogens is 3. The molecule has 0 unspecified atom stereocenters. The molecule has 0 bridgehead atoms. The zero-order valence-electron chi connectivity index (χ0n) is 18.0. The van der Waals surface area contributed by atoms with E-state index >= 15 is 0 Å². The Kier molecular flexibility index (Phi) is 8.51. The van der Waals surface area contributed by atoms with Gasteiger partial charge in [-0.25, -0.2) is 4.39 Å². The van der Waals surface area contributed by atoms with Gasteiger partial charge < -0.3 is 15.0 Å². The summed E-state index contributed by atoms with van der Waals surface area (Å²) in [7, 11) is 0. The molecule has 172 valence electrons. The highest BCUT2D eigenvalue weighted by Gasteiger charge is 2.32. The lowest BCUT2D eigenvalue weighted by Crippen LogP contribution is -2.58. The highest BCUT2D eigenvalue weighted by atomic mass is 79.9. The predicted molar refractivity (Wildman–Crippen MR) is 127 cm³/mol. The number of nitrogens with one attached hydrogen (secondary N) is 1. The van der Waals surface area contributed by atoms with Gasteiger partial charge in [0.1, 0.15) is 11.6 Å². The fourth-order valence-corrected chi connectivity index (χ4v) is 4.03. The number of anilines is 1. The fraction of sp³-hybridized carbons (Fsp3) is 0.391. The van der Waals surface area contributed by atoms with Crippen molar-refractivity contribution in [2.75, 3.05) is 30.3 Å². The van der Waals surface area contributed by atoms with E-state index in [1.807, 2.05) is 11.8 Å². The van der Waals surface area contributed by atoms with E-state index in [-0.39, 0.29) is 41.7 Å². The highest BCUT2D eigenvalue weighted by molar-refractivity contribution is 9.09. The summed E-state index contributed by atoms with van der Waals surface area (Å²) in [5.41, 5.74) is 1.45. The van der Waals surface area contributed by atoms with Gasteiger partial charge in [0.05, 0.1) is 11.0 Å². The van der Waals surface area contributed by atoms with Gasteiger partial charge in [0, 0.05) is 36.7 Å². The maximum atomic E-state index is 13.2. The Morgan fingerprint density at radius 1 is 1.16 bits per heavy atom. The van der Waals surface area contributed by atoms with Gasteiger partial charge in [-0.2, -0.15) is 0 Å². The minimum atomic E-state index is -0.249. The van der Waals surface area contributed by atoms with E-state index in [1.54, 1.807) is 30.3 Å². The molecule has 9 heteroatoms. The number of hydrogen-bond donors (Lipinski definition) is 1. The van der Waals surface area contributed by atoms with Gasteiger partial charge in [0.25, 0.3) is 5.91 Å². The van der Waals surface area contributed by atoms with Crippen LogP contribution in [0.25, 0.3) is 0 Å². The molecule has 2 amide bonds. The standard InChI is InChI=1S/C23H26BrClFN3O3/c1-15-12-29(16(2)11-28(15)13-17-3-6-19(26)7-4-17)23(31)14-32-21-8-5-18(25)9-20(21)27-22(30)10-24/h3-9,15-16H,10-14H2,1-2H3,(H,27,30)/t15-,16+/m0/s1. The van der Waals surface area contributed by atoms with E-state index < -0.39 is 0 Å². The van der Waals surface area contributed by atoms with Crippen molar-refractivity contribution in [1.29, 1.82) is 0 Å². The van der Waals surface area contributed by atoms with Crippen molar-refractivity contribution in [2.24, 2.45) is 0 Å². The van der Waals surface area contributed by atoms with Gasteiger partial charge in [0.15, 0.2) is 6.61 Å². The minimum Gasteiger partial charge on any atom is -0.482 e. The largest absolute Gasteiger partial charge is 0.482 e. The molecule has 0 aliphatic carbocycles. The van der Waals surface area contributed by atoms with Gasteiger partial charge in [0.2, 0.25) is 5.91 Å². The lowest BCUT2D eigenvalue weighted by molar-refractivity contribution is -0.139. The molecule has 6 nitrogen and oxygen atoms in total. The Morgan fingerprint density at radius 3 is 2.56 bits per heavy atom. The minimum absolute atomic E-state index is 0.000497. The second-order valence-corrected chi connectivity index (χ2v) is 8.91. The summed E-state index contributed by atoms with van der Waals surface area (Å²) in [5.74, 6) is -0.240. The number of ether oxygens (including phenoxy) is 1. The third-order valence-corrected chi connectivity index (χ3v) is 6.17. The van der Waals surface area contributed by atoms with E-state index in [0.29, 0.717) is 36.1 Å². The number of carbonyl (C=O) groups excluding carboxylic acids is 2. The summed E-state index contributed by atoms with van der Waals surface area (Å²) < 4.78 is 18.9. The molecule has 1 aliphatic heterocycles. The van der Waals surface area contributed by atoms with E-state index in [0.717, 1.165) is 5.56 Å². The zero-order valence-corrected chi connectivity index (χ0v) is 20.3. The van der Waals surface area contributed by atoms with Crippen molar-refractivity contribution >= 4 is 45.0 Å². The Bertz CT molecular complexity index is 960. The number of rotatable bonds is 7. The third-order valence-electron chi connectivity index (χ3n) is 5.42. The van der Waals surface area contributed by atoms with Crippen LogP contribution in [0, 0.1) is 5.82 Å². The van der Waals surface area contributed by atoms with E-state index in [2.05, 4.69) is 33.1 Å². The van der Waals surface area contributed by atoms with Crippen molar-refractivity contribution in [3.05, 3.63) is 58.9 Å². The molecule has 0 aromatic heterocycles. The van der Waals surface area contributed by atoms with Crippen molar-refractivity contribution < 1.29 is 18.7 Å². The van der Waals surface area contributed by atoms with Gasteiger partial charge in [-0.1, -0.05) is 39.7 Å². The molecule has 2 atom stereocenters. The monoisotopic (exact) mass is 525 g/mol. The first-order valence-electron chi connectivity index (χ1n) is 10.3. The maximum Gasteiger partial charge on any atom is 0.260 e. The lowest BCUT2D eigenvalue weighted by Gasteiger charge is -2.44. The number of benzene rings is 2. The molecule has 2 aromatic rings. The van der Waals surface area contributed by atoms with Crippen molar-refractivity contribution in [3.63, 3.8) is 0 Å². The number of amides is 2. The maximum absolute atomic E-state index is 13.2. The fourth-order valence-electron chi connectivity index (χ4n) is 3.72. The molecule has 1 fully saturated rings. The summed E-state index contributed by atoms with van der Waals surface area (Å²) >= 11 is 9.13. The number of hydrogen-bond acceptors (Lipinski definition) is 4. The lowest BCUT2D eigenvalue weighted by atomic mass is 10.1. The average molecular weight is 527 g/mol. The van der Waals surface area contributed by atoms with Crippen LogP contribution >= 0.6 is 27.5 Å². The summed E-state index contributed by atoms with van der Waals surface area (Å²) in [6.45, 7) is 5.91. The molecule has 3 rings (SSSR count). The normalized spacial score (nSPS) is 19.0. The molecular formula is C23H26BrClFN3O3. The van der Waals surface area contributed by atoms with Crippen LogP contribution in [0.4, 0.5) is 10.1 Å². The smallest absolute Gasteiger partial charge is 0.260 e. The Hall–Kier alpha value is -2.16. The molecular weight excluding hydrogens is 501 g/mol. The van der Waals surface area contributed by atoms with Gasteiger partial charge in [-0.3, -0.25) is 14.5 Å². The highest BCUT2D eigenvalue weighted by Crippen LogP contribution is 2.28. The van der Waals surface area contributed by atoms with Crippen molar-refractivity contribution in [3.8, 4) is 5.75 Å². The molecule has 0 saturated carbocycles.